The molecular weight excluding hydrogens is 366 g/mol. The largest absolute Gasteiger partial charge is 0.493 e. The first-order chi connectivity index (χ1) is 12.8. The van der Waals surface area contributed by atoms with Crippen LogP contribution in [0.25, 0.3) is 0 Å². The number of nitrogens with one attached hydrogen (secondary N) is 1. The van der Waals surface area contributed by atoms with Gasteiger partial charge in [-0.15, -0.1) is 0 Å². The third-order valence-electron chi connectivity index (χ3n) is 4.17. The number of sulfone groups is 1. The number of rotatable bonds is 8. The van der Waals surface area contributed by atoms with E-state index in [1.807, 2.05) is 26.0 Å². The molecule has 1 amide bonds. The molecule has 0 bridgehead atoms. The minimum atomic E-state index is -3.25. The molecule has 0 spiro atoms. The van der Waals surface area contributed by atoms with Crippen molar-refractivity contribution >= 4 is 15.7 Å². The highest BCUT2D eigenvalue weighted by atomic mass is 32.2. The van der Waals surface area contributed by atoms with Crippen molar-refractivity contribution < 1.29 is 22.7 Å². The summed E-state index contributed by atoms with van der Waals surface area (Å²) < 4.78 is 34.2. The SMILES string of the molecule is CC[C@H](Oc1ccccc1OC)C(=O)N[C@H](C)c1ccc(S(C)(=O)=O)cc1. The van der Waals surface area contributed by atoms with Gasteiger partial charge in [-0.25, -0.2) is 8.42 Å². The molecule has 0 saturated heterocycles. The summed E-state index contributed by atoms with van der Waals surface area (Å²) in [7, 11) is -1.70. The van der Waals surface area contributed by atoms with E-state index in [2.05, 4.69) is 5.32 Å². The summed E-state index contributed by atoms with van der Waals surface area (Å²) in [4.78, 5) is 12.9. The summed E-state index contributed by atoms with van der Waals surface area (Å²) in [5.74, 6) is 0.823. The van der Waals surface area contributed by atoms with Gasteiger partial charge in [-0.3, -0.25) is 4.79 Å². The average molecular weight is 391 g/mol. The van der Waals surface area contributed by atoms with Gasteiger partial charge in [0.2, 0.25) is 0 Å². The van der Waals surface area contributed by atoms with Gasteiger partial charge in [0.05, 0.1) is 18.0 Å². The van der Waals surface area contributed by atoms with E-state index >= 15 is 0 Å². The Bertz CT molecular complexity index is 878. The van der Waals surface area contributed by atoms with Crippen LogP contribution >= 0.6 is 0 Å². The second kappa shape index (κ2) is 8.90. The Morgan fingerprint density at radius 2 is 1.67 bits per heavy atom. The number of carbonyl (C=O) groups excluding carboxylic acids is 1. The molecule has 2 atom stereocenters. The number of carbonyl (C=O) groups is 1. The Morgan fingerprint density at radius 3 is 2.19 bits per heavy atom. The van der Waals surface area contributed by atoms with Gasteiger partial charge in [0.1, 0.15) is 0 Å². The topological polar surface area (TPSA) is 81.7 Å². The molecule has 27 heavy (non-hydrogen) atoms. The van der Waals surface area contributed by atoms with Crippen LogP contribution in [0.15, 0.2) is 53.4 Å². The summed E-state index contributed by atoms with van der Waals surface area (Å²) >= 11 is 0. The molecule has 2 aromatic carbocycles. The van der Waals surface area contributed by atoms with Gasteiger partial charge in [-0.2, -0.15) is 0 Å². The van der Waals surface area contributed by atoms with E-state index in [-0.39, 0.29) is 16.8 Å². The molecule has 0 unspecified atom stereocenters. The fourth-order valence-corrected chi connectivity index (χ4v) is 3.22. The lowest BCUT2D eigenvalue weighted by atomic mass is 10.1. The maximum atomic E-state index is 12.6. The lowest BCUT2D eigenvalue weighted by Crippen LogP contribution is -2.39. The van der Waals surface area contributed by atoms with Gasteiger partial charge >= 0.3 is 0 Å². The van der Waals surface area contributed by atoms with E-state index in [0.29, 0.717) is 17.9 Å². The van der Waals surface area contributed by atoms with Gasteiger partial charge < -0.3 is 14.8 Å². The number of methoxy groups -OCH3 is 1. The fraction of sp³-hybridized carbons (Fsp3) is 0.350. The first-order valence-corrected chi connectivity index (χ1v) is 10.6. The summed E-state index contributed by atoms with van der Waals surface area (Å²) in [6, 6.07) is 13.3. The van der Waals surface area contributed by atoms with Crippen molar-refractivity contribution in [3.63, 3.8) is 0 Å². The summed E-state index contributed by atoms with van der Waals surface area (Å²) in [6.45, 7) is 3.70. The third kappa shape index (κ3) is 5.47. The van der Waals surface area contributed by atoms with Crippen molar-refractivity contribution in [3.8, 4) is 11.5 Å². The van der Waals surface area contributed by atoms with Crippen molar-refractivity contribution in [3.05, 3.63) is 54.1 Å². The number of hydrogen-bond donors (Lipinski definition) is 1. The van der Waals surface area contributed by atoms with Gasteiger partial charge in [0, 0.05) is 6.26 Å². The van der Waals surface area contributed by atoms with Crippen LogP contribution in [0.5, 0.6) is 11.5 Å². The number of amides is 1. The van der Waals surface area contributed by atoms with E-state index < -0.39 is 15.9 Å². The molecular formula is C20H25NO5S. The highest BCUT2D eigenvalue weighted by molar-refractivity contribution is 7.90. The molecule has 0 saturated carbocycles. The van der Waals surface area contributed by atoms with Crippen LogP contribution < -0.4 is 14.8 Å². The number of benzene rings is 2. The second-order valence-electron chi connectivity index (χ2n) is 6.24. The van der Waals surface area contributed by atoms with Crippen LogP contribution in [0.4, 0.5) is 0 Å². The van der Waals surface area contributed by atoms with Crippen molar-refractivity contribution in [2.45, 2.75) is 37.3 Å². The Kier molecular flexibility index (Phi) is 6.85. The zero-order valence-electron chi connectivity index (χ0n) is 15.9. The molecule has 7 heteroatoms. The third-order valence-corrected chi connectivity index (χ3v) is 5.30. The molecule has 146 valence electrons. The highest BCUT2D eigenvalue weighted by Crippen LogP contribution is 2.27. The summed E-state index contributed by atoms with van der Waals surface area (Å²) in [6.07, 6.45) is 0.983. The van der Waals surface area contributed by atoms with Crippen molar-refractivity contribution in [1.29, 1.82) is 0 Å². The lowest BCUT2D eigenvalue weighted by molar-refractivity contribution is -0.128. The van der Waals surface area contributed by atoms with E-state index in [4.69, 9.17) is 9.47 Å². The minimum Gasteiger partial charge on any atom is -0.493 e. The number of para-hydroxylation sites is 2. The maximum absolute atomic E-state index is 12.6. The van der Waals surface area contributed by atoms with Gasteiger partial charge in [0.25, 0.3) is 5.91 Å². The molecule has 0 radical (unpaired) electrons. The zero-order chi connectivity index (χ0) is 20.0. The van der Waals surface area contributed by atoms with E-state index in [1.54, 1.807) is 31.4 Å². The number of ether oxygens (including phenoxy) is 2. The van der Waals surface area contributed by atoms with E-state index in [0.717, 1.165) is 11.8 Å². The Balaban J connectivity index is 2.07. The normalized spacial score (nSPS) is 13.5. The Hall–Kier alpha value is -2.54. The van der Waals surface area contributed by atoms with Crippen LogP contribution in [0, 0.1) is 0 Å². The van der Waals surface area contributed by atoms with Crippen molar-refractivity contribution in [1.82, 2.24) is 5.32 Å². The predicted octanol–water partition coefficient (Wildman–Crippen LogP) is 3.13. The second-order valence-corrected chi connectivity index (χ2v) is 8.25. The van der Waals surface area contributed by atoms with Gasteiger partial charge in [0.15, 0.2) is 27.4 Å². The molecule has 0 aliphatic rings. The lowest BCUT2D eigenvalue weighted by Gasteiger charge is -2.21. The number of hydrogen-bond acceptors (Lipinski definition) is 5. The highest BCUT2D eigenvalue weighted by Gasteiger charge is 2.22. The van der Waals surface area contributed by atoms with Crippen LogP contribution in [-0.2, 0) is 14.6 Å². The maximum Gasteiger partial charge on any atom is 0.261 e. The average Bonchev–Trinajstić information content (AvgIpc) is 2.65. The molecule has 0 heterocycles. The summed E-state index contributed by atoms with van der Waals surface area (Å²) in [5.41, 5.74) is 0.808. The minimum absolute atomic E-state index is 0.246. The molecule has 0 aliphatic carbocycles. The molecule has 6 nitrogen and oxygen atoms in total. The van der Waals surface area contributed by atoms with E-state index in [9.17, 15) is 13.2 Å². The quantitative estimate of drug-likeness (QED) is 0.748. The summed E-state index contributed by atoms with van der Waals surface area (Å²) in [5, 5.41) is 2.91. The van der Waals surface area contributed by atoms with Crippen LogP contribution in [0.3, 0.4) is 0 Å². The van der Waals surface area contributed by atoms with Crippen molar-refractivity contribution in [2.24, 2.45) is 0 Å². The smallest absolute Gasteiger partial charge is 0.261 e. The van der Waals surface area contributed by atoms with Gasteiger partial charge in [-0.1, -0.05) is 31.2 Å². The van der Waals surface area contributed by atoms with Crippen LogP contribution in [0.1, 0.15) is 31.9 Å². The Labute approximate surface area is 160 Å². The molecule has 0 aromatic heterocycles. The molecule has 2 aromatic rings. The first kappa shape index (κ1) is 20.8. The standard InChI is InChI=1S/C20H25NO5S/c1-5-17(26-19-9-7-6-8-18(19)25-3)20(22)21-14(2)15-10-12-16(13-11-15)27(4,23)24/h6-14,17H,5H2,1-4H3,(H,21,22)/t14-,17+/m1/s1. The van der Waals surface area contributed by atoms with Gasteiger partial charge in [-0.05, 0) is 43.2 Å². The monoisotopic (exact) mass is 391 g/mol. The first-order valence-electron chi connectivity index (χ1n) is 8.66. The molecule has 1 N–H and O–H groups in total. The molecule has 0 fully saturated rings. The van der Waals surface area contributed by atoms with Crippen molar-refractivity contribution in [2.75, 3.05) is 13.4 Å². The predicted molar refractivity (Wildman–Crippen MR) is 104 cm³/mol. The van der Waals surface area contributed by atoms with Crippen LogP contribution in [0.2, 0.25) is 0 Å². The van der Waals surface area contributed by atoms with Crippen LogP contribution in [-0.4, -0.2) is 33.8 Å². The van der Waals surface area contributed by atoms with E-state index in [1.165, 1.54) is 12.1 Å². The zero-order valence-corrected chi connectivity index (χ0v) is 16.7. The molecule has 0 aliphatic heterocycles. The fourth-order valence-electron chi connectivity index (χ4n) is 2.59. The Morgan fingerprint density at radius 1 is 1.07 bits per heavy atom. The molecule has 2 rings (SSSR count).